The first-order valence-electron chi connectivity index (χ1n) is 8.94. The van der Waals surface area contributed by atoms with Crippen molar-refractivity contribution in [1.29, 1.82) is 0 Å². The number of nitrogens with one attached hydrogen (secondary N) is 1. The Balaban J connectivity index is 1.73. The van der Waals surface area contributed by atoms with Gasteiger partial charge in [0.25, 0.3) is 0 Å². The van der Waals surface area contributed by atoms with Crippen molar-refractivity contribution in [2.45, 2.75) is 6.04 Å². The number of rotatable bonds is 7. The Labute approximate surface area is 176 Å². The van der Waals surface area contributed by atoms with E-state index >= 15 is 0 Å². The highest BCUT2D eigenvalue weighted by Crippen LogP contribution is 2.28. The van der Waals surface area contributed by atoms with Gasteiger partial charge in [-0.1, -0.05) is 53.5 Å². The molecule has 2 aromatic carbocycles. The summed E-state index contributed by atoms with van der Waals surface area (Å²) in [7, 11) is -3.61. The van der Waals surface area contributed by atoms with Crippen LogP contribution in [0.25, 0.3) is 6.08 Å². The lowest BCUT2D eigenvalue weighted by atomic mass is 10.0. The quantitative estimate of drug-likeness (QED) is 0.707. The summed E-state index contributed by atoms with van der Waals surface area (Å²) in [5, 5.41) is 2.39. The molecule has 3 rings (SSSR count). The highest BCUT2D eigenvalue weighted by molar-refractivity contribution is 7.92. The van der Waals surface area contributed by atoms with E-state index in [-0.39, 0.29) is 12.6 Å². The molecule has 5 nitrogen and oxygen atoms in total. The molecule has 1 atom stereocenters. The van der Waals surface area contributed by atoms with Crippen molar-refractivity contribution in [2.75, 3.05) is 32.8 Å². The third kappa shape index (κ3) is 6.04. The summed E-state index contributed by atoms with van der Waals surface area (Å²) in [5.41, 5.74) is 1.65. The Morgan fingerprint density at radius 3 is 2.43 bits per heavy atom. The fourth-order valence-electron chi connectivity index (χ4n) is 3.06. The van der Waals surface area contributed by atoms with Crippen LogP contribution in [0, 0.1) is 0 Å². The van der Waals surface area contributed by atoms with Crippen molar-refractivity contribution in [2.24, 2.45) is 0 Å². The van der Waals surface area contributed by atoms with E-state index in [1.54, 1.807) is 24.3 Å². The van der Waals surface area contributed by atoms with Gasteiger partial charge in [0.1, 0.15) is 0 Å². The molecule has 8 heteroatoms. The van der Waals surface area contributed by atoms with Crippen LogP contribution in [0.4, 0.5) is 0 Å². The number of halogens is 2. The molecular weight excluding hydrogens is 419 g/mol. The van der Waals surface area contributed by atoms with Gasteiger partial charge in [-0.05, 0) is 35.4 Å². The third-order valence-corrected chi connectivity index (χ3v) is 6.20. The molecule has 0 amide bonds. The first-order chi connectivity index (χ1) is 13.4. The third-order valence-electron chi connectivity index (χ3n) is 4.54. The van der Waals surface area contributed by atoms with Gasteiger partial charge in [-0.3, -0.25) is 4.90 Å². The standard InChI is InChI=1S/C20H22Cl2N2O3S/c21-17-7-5-16(6-8-17)9-14-28(25,26)23-15-20(24-10-12-27-13-11-24)18-3-1-2-4-19(18)22/h1-9,14,20,23H,10-13,15H2/b14-9+. The summed E-state index contributed by atoms with van der Waals surface area (Å²) >= 11 is 12.2. The molecule has 1 fully saturated rings. The smallest absolute Gasteiger partial charge is 0.233 e. The predicted octanol–water partition coefficient (Wildman–Crippen LogP) is 3.96. The minimum atomic E-state index is -3.61. The van der Waals surface area contributed by atoms with Gasteiger partial charge in [0.15, 0.2) is 0 Å². The Bertz CT molecular complexity index is 911. The van der Waals surface area contributed by atoms with E-state index in [2.05, 4.69) is 9.62 Å². The normalized spacial score (nSPS) is 17.1. The number of morpholine rings is 1. The molecule has 1 saturated heterocycles. The van der Waals surface area contributed by atoms with E-state index in [4.69, 9.17) is 27.9 Å². The molecular formula is C20H22Cl2N2O3S. The van der Waals surface area contributed by atoms with Gasteiger partial charge < -0.3 is 4.74 Å². The van der Waals surface area contributed by atoms with Gasteiger partial charge in [0, 0.05) is 41.1 Å². The van der Waals surface area contributed by atoms with Crippen molar-refractivity contribution < 1.29 is 13.2 Å². The van der Waals surface area contributed by atoms with Gasteiger partial charge in [-0.15, -0.1) is 0 Å². The highest BCUT2D eigenvalue weighted by Gasteiger charge is 2.25. The van der Waals surface area contributed by atoms with Crippen LogP contribution in [-0.4, -0.2) is 46.2 Å². The molecule has 0 aromatic heterocycles. The Kier molecular flexibility index (Phi) is 7.51. The summed E-state index contributed by atoms with van der Waals surface area (Å²) in [6, 6.07) is 14.3. The topological polar surface area (TPSA) is 58.6 Å². The molecule has 1 heterocycles. The van der Waals surface area contributed by atoms with Crippen LogP contribution in [0.2, 0.25) is 10.0 Å². The van der Waals surface area contributed by atoms with Gasteiger partial charge in [-0.2, -0.15) is 0 Å². The fourth-order valence-corrected chi connectivity index (χ4v) is 4.27. The van der Waals surface area contributed by atoms with Crippen LogP contribution < -0.4 is 4.72 Å². The van der Waals surface area contributed by atoms with E-state index in [9.17, 15) is 8.42 Å². The van der Waals surface area contributed by atoms with Crippen LogP contribution in [-0.2, 0) is 14.8 Å². The zero-order valence-corrected chi connectivity index (χ0v) is 17.6. The van der Waals surface area contributed by atoms with Gasteiger partial charge >= 0.3 is 0 Å². The monoisotopic (exact) mass is 440 g/mol. The van der Waals surface area contributed by atoms with Crippen LogP contribution in [0.15, 0.2) is 53.9 Å². The SMILES string of the molecule is O=S(=O)(/C=C/c1ccc(Cl)cc1)NCC(c1ccccc1Cl)N1CCOCC1. The van der Waals surface area contributed by atoms with Crippen LogP contribution in [0.3, 0.4) is 0 Å². The Morgan fingerprint density at radius 1 is 1.07 bits per heavy atom. The largest absolute Gasteiger partial charge is 0.379 e. The van der Waals surface area contributed by atoms with Crippen molar-refractivity contribution in [3.8, 4) is 0 Å². The summed E-state index contributed by atoms with van der Waals surface area (Å²) in [4.78, 5) is 2.19. The summed E-state index contributed by atoms with van der Waals surface area (Å²) in [5.74, 6) is 0. The second-order valence-corrected chi connectivity index (χ2v) is 8.93. The number of hydrogen-bond donors (Lipinski definition) is 1. The maximum atomic E-state index is 12.5. The average molecular weight is 441 g/mol. The zero-order valence-electron chi connectivity index (χ0n) is 15.2. The minimum Gasteiger partial charge on any atom is -0.379 e. The molecule has 28 heavy (non-hydrogen) atoms. The maximum absolute atomic E-state index is 12.5. The molecule has 0 saturated carbocycles. The van der Waals surface area contributed by atoms with Crippen molar-refractivity contribution in [3.63, 3.8) is 0 Å². The first kappa shape index (κ1) is 21.3. The van der Waals surface area contributed by atoms with E-state index in [0.29, 0.717) is 23.3 Å². The molecule has 150 valence electrons. The molecule has 0 bridgehead atoms. The number of ether oxygens (including phenoxy) is 1. The average Bonchev–Trinajstić information content (AvgIpc) is 2.70. The zero-order chi connectivity index (χ0) is 20.0. The first-order valence-corrected chi connectivity index (χ1v) is 11.2. The second-order valence-electron chi connectivity index (χ2n) is 6.43. The maximum Gasteiger partial charge on any atom is 0.233 e. The molecule has 1 unspecified atom stereocenters. The van der Waals surface area contributed by atoms with Crippen molar-refractivity contribution in [1.82, 2.24) is 9.62 Å². The van der Waals surface area contributed by atoms with Gasteiger partial charge in [0.05, 0.1) is 13.2 Å². The van der Waals surface area contributed by atoms with E-state index in [0.717, 1.165) is 24.2 Å². The minimum absolute atomic E-state index is 0.170. The molecule has 1 aliphatic heterocycles. The van der Waals surface area contributed by atoms with Crippen LogP contribution in [0.5, 0.6) is 0 Å². The number of nitrogens with zero attached hydrogens (tertiary/aromatic N) is 1. The molecule has 1 N–H and O–H groups in total. The molecule has 0 radical (unpaired) electrons. The fraction of sp³-hybridized carbons (Fsp3) is 0.300. The number of benzene rings is 2. The van der Waals surface area contributed by atoms with Crippen LogP contribution >= 0.6 is 23.2 Å². The van der Waals surface area contributed by atoms with Crippen molar-refractivity contribution in [3.05, 3.63) is 75.1 Å². The molecule has 0 aliphatic carbocycles. The Morgan fingerprint density at radius 2 is 1.75 bits per heavy atom. The Hall–Kier alpha value is -1.41. The predicted molar refractivity (Wildman–Crippen MR) is 114 cm³/mol. The summed E-state index contributed by atoms with van der Waals surface area (Å²) in [6.45, 7) is 2.89. The van der Waals surface area contributed by atoms with Gasteiger partial charge in [0.2, 0.25) is 10.0 Å². The highest BCUT2D eigenvalue weighted by atomic mass is 35.5. The molecule has 0 spiro atoms. The molecule has 1 aliphatic rings. The van der Waals surface area contributed by atoms with E-state index in [1.165, 1.54) is 11.5 Å². The van der Waals surface area contributed by atoms with Gasteiger partial charge in [-0.25, -0.2) is 13.1 Å². The van der Waals surface area contributed by atoms with E-state index < -0.39 is 10.0 Å². The van der Waals surface area contributed by atoms with E-state index in [1.807, 2.05) is 24.3 Å². The van der Waals surface area contributed by atoms with Crippen LogP contribution in [0.1, 0.15) is 17.2 Å². The summed E-state index contributed by atoms with van der Waals surface area (Å²) < 4.78 is 33.1. The second kappa shape index (κ2) is 9.87. The van der Waals surface area contributed by atoms with Crippen molar-refractivity contribution >= 4 is 39.3 Å². The number of hydrogen-bond acceptors (Lipinski definition) is 4. The lowest BCUT2D eigenvalue weighted by Gasteiger charge is -2.35. The summed E-state index contributed by atoms with van der Waals surface area (Å²) in [6.07, 6.45) is 1.54. The molecule has 2 aromatic rings. The lowest BCUT2D eigenvalue weighted by Crippen LogP contribution is -2.43. The lowest BCUT2D eigenvalue weighted by molar-refractivity contribution is 0.0172. The number of sulfonamides is 1.